The van der Waals surface area contributed by atoms with Gasteiger partial charge in [-0.3, -0.25) is 9.97 Å². The summed E-state index contributed by atoms with van der Waals surface area (Å²) < 4.78 is 0. The summed E-state index contributed by atoms with van der Waals surface area (Å²) in [6.07, 6.45) is 5.85. The summed E-state index contributed by atoms with van der Waals surface area (Å²) in [4.78, 5) is 10.7. The van der Waals surface area contributed by atoms with Gasteiger partial charge in [0.25, 0.3) is 0 Å². The van der Waals surface area contributed by atoms with E-state index in [1.807, 2.05) is 18.2 Å². The van der Waals surface area contributed by atoms with Gasteiger partial charge in [0, 0.05) is 31.2 Å². The minimum Gasteiger partial charge on any atom is -0.349 e. The Balaban J connectivity index is 1.79. The standard InChI is InChI=1S/C13H14N4S/c18-13(17-7-1-2-8-17)16-10-3-4-11-12(9-10)15-6-5-14-11/h3-6,9H,1-2,7-8H2,(H,16,18). The van der Waals surface area contributed by atoms with Crippen molar-refractivity contribution in [2.45, 2.75) is 12.8 Å². The first-order chi connectivity index (χ1) is 8.83. The Bertz CT molecular complexity index is 578. The van der Waals surface area contributed by atoms with Gasteiger partial charge in [0.05, 0.1) is 11.0 Å². The van der Waals surface area contributed by atoms with Crippen LogP contribution in [-0.2, 0) is 0 Å². The van der Waals surface area contributed by atoms with E-state index in [0.29, 0.717) is 0 Å². The lowest BCUT2D eigenvalue weighted by Gasteiger charge is -2.19. The topological polar surface area (TPSA) is 41.1 Å². The Morgan fingerprint density at radius 2 is 1.83 bits per heavy atom. The van der Waals surface area contributed by atoms with E-state index >= 15 is 0 Å². The summed E-state index contributed by atoms with van der Waals surface area (Å²) in [5, 5.41) is 4.07. The number of hydrogen-bond acceptors (Lipinski definition) is 3. The molecular weight excluding hydrogens is 244 g/mol. The average molecular weight is 258 g/mol. The van der Waals surface area contributed by atoms with Gasteiger partial charge in [-0.15, -0.1) is 0 Å². The predicted octanol–water partition coefficient (Wildman–Crippen LogP) is 2.42. The number of thiocarbonyl (C=S) groups is 1. The van der Waals surface area contributed by atoms with Crippen LogP contribution in [0, 0.1) is 0 Å². The van der Waals surface area contributed by atoms with Crippen molar-refractivity contribution in [2.24, 2.45) is 0 Å². The molecule has 0 saturated carbocycles. The fourth-order valence-corrected chi connectivity index (χ4v) is 2.46. The molecule has 0 aliphatic carbocycles. The van der Waals surface area contributed by atoms with Crippen LogP contribution in [0.3, 0.4) is 0 Å². The zero-order valence-electron chi connectivity index (χ0n) is 9.97. The molecule has 0 atom stereocenters. The second kappa shape index (κ2) is 4.86. The fourth-order valence-electron chi connectivity index (χ4n) is 2.16. The Kier molecular flexibility index (Phi) is 3.06. The first kappa shape index (κ1) is 11.3. The third-order valence-corrected chi connectivity index (χ3v) is 3.47. The first-order valence-corrected chi connectivity index (χ1v) is 6.50. The third kappa shape index (κ3) is 2.26. The highest BCUT2D eigenvalue weighted by Gasteiger charge is 2.14. The Labute approximate surface area is 111 Å². The minimum absolute atomic E-state index is 0.802. The lowest BCUT2D eigenvalue weighted by atomic mass is 10.2. The van der Waals surface area contributed by atoms with Crippen LogP contribution in [-0.4, -0.2) is 33.1 Å². The molecule has 0 unspecified atom stereocenters. The molecule has 1 aliphatic heterocycles. The van der Waals surface area contributed by atoms with Crippen LogP contribution in [0.1, 0.15) is 12.8 Å². The highest BCUT2D eigenvalue weighted by molar-refractivity contribution is 7.80. The van der Waals surface area contributed by atoms with E-state index in [4.69, 9.17) is 12.2 Å². The average Bonchev–Trinajstić information content (AvgIpc) is 2.92. The lowest BCUT2D eigenvalue weighted by Crippen LogP contribution is -2.31. The molecule has 1 aliphatic rings. The molecule has 4 nitrogen and oxygen atoms in total. The summed E-state index contributed by atoms with van der Waals surface area (Å²) in [6.45, 7) is 2.11. The Morgan fingerprint density at radius 3 is 2.61 bits per heavy atom. The number of fused-ring (bicyclic) bond motifs is 1. The molecule has 0 amide bonds. The van der Waals surface area contributed by atoms with Gasteiger partial charge in [-0.05, 0) is 43.3 Å². The zero-order valence-corrected chi connectivity index (χ0v) is 10.8. The Morgan fingerprint density at radius 1 is 1.11 bits per heavy atom. The molecule has 0 bridgehead atoms. The highest BCUT2D eigenvalue weighted by atomic mass is 32.1. The zero-order chi connectivity index (χ0) is 12.4. The van der Waals surface area contributed by atoms with Gasteiger partial charge >= 0.3 is 0 Å². The normalized spacial score (nSPS) is 15.0. The quantitative estimate of drug-likeness (QED) is 0.796. The molecule has 1 N–H and O–H groups in total. The molecule has 1 fully saturated rings. The van der Waals surface area contributed by atoms with Gasteiger partial charge in [0.2, 0.25) is 0 Å². The van der Waals surface area contributed by atoms with Crippen molar-refractivity contribution < 1.29 is 0 Å². The van der Waals surface area contributed by atoms with Gasteiger partial charge in [0.15, 0.2) is 5.11 Å². The second-order valence-corrected chi connectivity index (χ2v) is 4.77. The van der Waals surface area contributed by atoms with Gasteiger partial charge in [-0.2, -0.15) is 0 Å². The molecule has 18 heavy (non-hydrogen) atoms. The van der Waals surface area contributed by atoms with Crippen LogP contribution in [0.2, 0.25) is 0 Å². The van der Waals surface area contributed by atoms with E-state index in [2.05, 4.69) is 20.2 Å². The van der Waals surface area contributed by atoms with E-state index in [-0.39, 0.29) is 0 Å². The summed E-state index contributed by atoms with van der Waals surface area (Å²) >= 11 is 5.40. The van der Waals surface area contributed by atoms with Crippen molar-refractivity contribution in [3.63, 3.8) is 0 Å². The largest absolute Gasteiger partial charge is 0.349 e. The molecule has 5 heteroatoms. The number of hydrogen-bond donors (Lipinski definition) is 1. The lowest BCUT2D eigenvalue weighted by molar-refractivity contribution is 0.528. The number of nitrogens with one attached hydrogen (secondary N) is 1. The molecule has 1 aromatic carbocycles. The van der Waals surface area contributed by atoms with Crippen LogP contribution < -0.4 is 5.32 Å². The van der Waals surface area contributed by atoms with Crippen LogP contribution in [0.4, 0.5) is 5.69 Å². The predicted molar refractivity (Wildman–Crippen MR) is 76.6 cm³/mol. The summed E-state index contributed by atoms with van der Waals surface area (Å²) in [6, 6.07) is 5.92. The van der Waals surface area contributed by atoms with Gasteiger partial charge < -0.3 is 10.2 Å². The summed E-state index contributed by atoms with van der Waals surface area (Å²) in [7, 11) is 0. The second-order valence-electron chi connectivity index (χ2n) is 4.38. The molecular formula is C13H14N4S. The van der Waals surface area contributed by atoms with Crippen LogP contribution >= 0.6 is 12.2 Å². The third-order valence-electron chi connectivity index (χ3n) is 3.11. The summed E-state index contributed by atoms with van der Waals surface area (Å²) in [5.74, 6) is 0. The van der Waals surface area contributed by atoms with E-state index in [0.717, 1.165) is 34.9 Å². The van der Waals surface area contributed by atoms with Crippen molar-refractivity contribution in [3.8, 4) is 0 Å². The SMILES string of the molecule is S=C(Nc1ccc2nccnc2c1)N1CCCC1. The minimum atomic E-state index is 0.802. The van der Waals surface area contributed by atoms with E-state index in [1.165, 1.54) is 12.8 Å². The molecule has 1 aromatic heterocycles. The first-order valence-electron chi connectivity index (χ1n) is 6.10. The van der Waals surface area contributed by atoms with Crippen molar-refractivity contribution >= 4 is 34.1 Å². The van der Waals surface area contributed by atoms with E-state index in [9.17, 15) is 0 Å². The number of nitrogens with zero attached hydrogens (tertiary/aromatic N) is 3. The van der Waals surface area contributed by atoms with Crippen molar-refractivity contribution in [2.75, 3.05) is 18.4 Å². The molecule has 2 aromatic rings. The molecule has 1 saturated heterocycles. The van der Waals surface area contributed by atoms with Crippen molar-refractivity contribution in [3.05, 3.63) is 30.6 Å². The monoisotopic (exact) mass is 258 g/mol. The van der Waals surface area contributed by atoms with Crippen LogP contribution in [0.25, 0.3) is 11.0 Å². The number of likely N-dealkylation sites (tertiary alicyclic amines) is 1. The molecule has 2 heterocycles. The van der Waals surface area contributed by atoms with E-state index in [1.54, 1.807) is 12.4 Å². The maximum Gasteiger partial charge on any atom is 0.173 e. The Hall–Kier alpha value is -1.75. The molecule has 3 rings (SSSR count). The maximum absolute atomic E-state index is 5.40. The van der Waals surface area contributed by atoms with Gasteiger partial charge in [-0.1, -0.05) is 0 Å². The van der Waals surface area contributed by atoms with E-state index < -0.39 is 0 Å². The molecule has 92 valence electrons. The number of benzene rings is 1. The highest BCUT2D eigenvalue weighted by Crippen LogP contribution is 2.16. The summed E-state index contributed by atoms with van der Waals surface area (Å²) in [5.41, 5.74) is 2.75. The van der Waals surface area contributed by atoms with Crippen molar-refractivity contribution in [1.82, 2.24) is 14.9 Å². The maximum atomic E-state index is 5.40. The van der Waals surface area contributed by atoms with Gasteiger partial charge in [-0.25, -0.2) is 0 Å². The number of anilines is 1. The van der Waals surface area contributed by atoms with Crippen molar-refractivity contribution in [1.29, 1.82) is 0 Å². The van der Waals surface area contributed by atoms with Crippen LogP contribution in [0.15, 0.2) is 30.6 Å². The fraction of sp³-hybridized carbons (Fsp3) is 0.308. The number of rotatable bonds is 1. The van der Waals surface area contributed by atoms with Gasteiger partial charge in [0.1, 0.15) is 0 Å². The number of aromatic nitrogens is 2. The smallest absolute Gasteiger partial charge is 0.173 e. The molecule has 0 radical (unpaired) electrons. The molecule has 0 spiro atoms. The van der Waals surface area contributed by atoms with Crippen LogP contribution in [0.5, 0.6) is 0 Å².